The normalized spacial score (nSPS) is 14.2. The van der Waals surface area contributed by atoms with Gasteiger partial charge >= 0.3 is 12.1 Å². The number of nitrogen functional groups attached to an aromatic ring is 1. The monoisotopic (exact) mass is 446 g/mol. The summed E-state index contributed by atoms with van der Waals surface area (Å²) in [5.41, 5.74) is 5.47. The Morgan fingerprint density at radius 3 is 2.68 bits per heavy atom. The quantitative estimate of drug-likeness (QED) is 0.452. The highest BCUT2D eigenvalue weighted by Crippen LogP contribution is 2.43. The van der Waals surface area contributed by atoms with Gasteiger partial charge < -0.3 is 5.73 Å². The molecule has 0 saturated heterocycles. The van der Waals surface area contributed by atoms with E-state index in [1.54, 1.807) is 35.0 Å². The molecule has 1 saturated carbocycles. The Bertz CT molecular complexity index is 1300. The molecule has 0 radical (unpaired) electrons. The first-order valence-corrected chi connectivity index (χ1v) is 10.2. The largest absolute Gasteiger partial charge is 0.417 e. The molecule has 1 amide bonds. The molecule has 0 bridgehead atoms. The number of thiophene rings is 1. The van der Waals surface area contributed by atoms with Gasteiger partial charge in [-0.3, -0.25) is 14.6 Å². The molecule has 1 aliphatic carbocycles. The van der Waals surface area contributed by atoms with Gasteiger partial charge in [-0.05, 0) is 10.7 Å². The Hall–Kier alpha value is -3.47. The predicted molar refractivity (Wildman–Crippen MR) is 107 cm³/mol. The molecule has 3 heterocycles. The minimum atomic E-state index is -4.67. The summed E-state index contributed by atoms with van der Waals surface area (Å²) in [6, 6.07) is 9.71. The second-order valence-electron chi connectivity index (χ2n) is 7.18. The molecule has 158 valence electrons. The molecule has 7 nitrogen and oxygen atoms in total. The lowest BCUT2D eigenvalue weighted by atomic mass is 10.1. The number of hydrogen-bond donors (Lipinski definition) is 2. The van der Waals surface area contributed by atoms with Gasteiger partial charge in [0.05, 0.1) is 16.9 Å². The van der Waals surface area contributed by atoms with Crippen LogP contribution in [0.4, 0.5) is 24.7 Å². The first-order chi connectivity index (χ1) is 14.8. The second kappa shape index (κ2) is 7.05. The number of rotatable bonds is 4. The minimum Gasteiger partial charge on any atom is -0.397 e. The van der Waals surface area contributed by atoms with Crippen molar-refractivity contribution in [1.29, 1.82) is 0 Å². The van der Waals surface area contributed by atoms with Crippen LogP contribution in [0.15, 0.2) is 47.1 Å². The van der Waals surface area contributed by atoms with E-state index < -0.39 is 17.6 Å². The molecule has 3 aromatic heterocycles. The van der Waals surface area contributed by atoms with E-state index in [2.05, 4.69) is 15.6 Å². The molecule has 0 atom stereocenters. The van der Waals surface area contributed by atoms with Crippen molar-refractivity contribution in [1.82, 2.24) is 10.3 Å². The van der Waals surface area contributed by atoms with Gasteiger partial charge in [0.15, 0.2) is 6.04 Å². The molecule has 0 spiro atoms. The Labute approximate surface area is 177 Å². The van der Waals surface area contributed by atoms with Crippen LogP contribution in [0.25, 0.3) is 21.5 Å². The molecule has 1 fully saturated rings. The number of anilines is 2. The maximum atomic E-state index is 13.8. The molecule has 4 aromatic rings. The highest BCUT2D eigenvalue weighted by Gasteiger charge is 2.37. The number of nitrogens with one attached hydrogen (secondary N) is 1. The van der Waals surface area contributed by atoms with E-state index in [0.29, 0.717) is 5.56 Å². The highest BCUT2D eigenvalue weighted by atomic mass is 32.1. The molecule has 0 aliphatic heterocycles. The molecular weight excluding hydrogens is 431 g/mol. The molecule has 1 aliphatic rings. The Kier molecular flexibility index (Phi) is 4.43. The van der Waals surface area contributed by atoms with Crippen molar-refractivity contribution < 1.29 is 27.2 Å². The van der Waals surface area contributed by atoms with Gasteiger partial charge in [-0.2, -0.15) is 13.2 Å². The minimum absolute atomic E-state index is 0.0296. The average Bonchev–Trinajstić information content (AvgIpc) is 3.40. The summed E-state index contributed by atoms with van der Waals surface area (Å²) in [5, 5.41) is 6.04. The summed E-state index contributed by atoms with van der Waals surface area (Å²) < 4.78 is 48.2. The molecule has 0 unspecified atom stereocenters. The van der Waals surface area contributed by atoms with E-state index in [4.69, 9.17) is 10.3 Å². The fourth-order valence-corrected chi connectivity index (χ4v) is 4.28. The van der Waals surface area contributed by atoms with Crippen LogP contribution in [0.1, 0.15) is 34.1 Å². The van der Waals surface area contributed by atoms with Gasteiger partial charge in [-0.25, -0.2) is 4.98 Å². The zero-order valence-electron chi connectivity index (χ0n) is 15.8. The van der Waals surface area contributed by atoms with E-state index in [1.165, 1.54) is 6.20 Å². The SMILES string of the molecule is Nc1c(C(=O)Nc2c[n+](C3CC3)no2)sc2nc(-c3ccccc3)cc(C(F)(F)F)c12. The smallest absolute Gasteiger partial charge is 0.397 e. The van der Waals surface area contributed by atoms with E-state index in [1.807, 2.05) is 0 Å². The fraction of sp³-hybridized carbons (Fsp3) is 0.200. The summed E-state index contributed by atoms with van der Waals surface area (Å²) in [7, 11) is 0. The lowest BCUT2D eigenvalue weighted by Crippen LogP contribution is -2.32. The molecule has 1 aromatic carbocycles. The third kappa shape index (κ3) is 3.61. The van der Waals surface area contributed by atoms with Crippen LogP contribution in [0, 0.1) is 0 Å². The first kappa shape index (κ1) is 19.5. The topological polar surface area (TPSA) is 97.9 Å². The summed E-state index contributed by atoms with van der Waals surface area (Å²) in [5.74, 6) is -0.600. The van der Waals surface area contributed by atoms with Gasteiger partial charge in [0, 0.05) is 23.8 Å². The summed E-state index contributed by atoms with van der Waals surface area (Å²) in [6.07, 6.45) is -1.19. The standard InChI is InChI=1S/C20H14F3N5O2S/c21-20(22,23)12-8-13(10-4-2-1-3-5-10)25-19-15(12)16(24)17(31-19)18(29)26-14-9-28(27-30-14)11-6-7-11/h1-5,8-9,11H,6-7H2,(H2-,24,26,27,29)/p+1. The lowest BCUT2D eigenvalue weighted by Gasteiger charge is -2.11. The number of fused-ring (bicyclic) bond motifs is 1. The molecule has 3 N–H and O–H groups in total. The third-order valence-corrected chi connectivity index (χ3v) is 6.02. The Balaban J connectivity index is 1.57. The number of nitrogens with zero attached hydrogens (tertiary/aromatic N) is 3. The van der Waals surface area contributed by atoms with Crippen molar-refractivity contribution in [2.75, 3.05) is 11.1 Å². The van der Waals surface area contributed by atoms with Crippen LogP contribution in [-0.4, -0.2) is 16.2 Å². The van der Waals surface area contributed by atoms with E-state index in [9.17, 15) is 18.0 Å². The van der Waals surface area contributed by atoms with E-state index in [-0.39, 0.29) is 38.4 Å². The second-order valence-corrected chi connectivity index (χ2v) is 8.17. The molecule has 11 heteroatoms. The van der Waals surface area contributed by atoms with Crippen LogP contribution in [0.3, 0.4) is 0 Å². The van der Waals surface area contributed by atoms with E-state index in [0.717, 1.165) is 30.2 Å². The number of aromatic nitrogens is 3. The molecule has 5 rings (SSSR count). The highest BCUT2D eigenvalue weighted by molar-refractivity contribution is 7.21. The van der Waals surface area contributed by atoms with Crippen LogP contribution < -0.4 is 15.7 Å². The summed E-state index contributed by atoms with van der Waals surface area (Å²) in [4.78, 5) is 17.0. The summed E-state index contributed by atoms with van der Waals surface area (Å²) >= 11 is 0.799. The van der Waals surface area contributed by atoms with Crippen molar-refractivity contribution in [2.45, 2.75) is 25.1 Å². The van der Waals surface area contributed by atoms with Crippen LogP contribution >= 0.6 is 11.3 Å². The average molecular weight is 446 g/mol. The van der Waals surface area contributed by atoms with E-state index >= 15 is 0 Å². The zero-order valence-corrected chi connectivity index (χ0v) is 16.6. The third-order valence-electron chi connectivity index (χ3n) is 4.92. The van der Waals surface area contributed by atoms with Crippen molar-refractivity contribution in [3.8, 4) is 11.3 Å². The number of benzene rings is 1. The number of pyridine rings is 1. The Morgan fingerprint density at radius 1 is 1.26 bits per heavy atom. The number of hydrogen-bond acceptors (Lipinski definition) is 6. The predicted octanol–water partition coefficient (Wildman–Crippen LogP) is 4.43. The maximum absolute atomic E-state index is 13.8. The number of nitrogens with two attached hydrogens (primary N) is 1. The first-order valence-electron chi connectivity index (χ1n) is 9.36. The van der Waals surface area contributed by atoms with Gasteiger partial charge in [0.1, 0.15) is 9.71 Å². The van der Waals surface area contributed by atoms with Crippen LogP contribution in [0.2, 0.25) is 0 Å². The van der Waals surface area contributed by atoms with Crippen LogP contribution in [0.5, 0.6) is 0 Å². The van der Waals surface area contributed by atoms with Gasteiger partial charge in [-0.15, -0.1) is 11.3 Å². The fourth-order valence-electron chi connectivity index (χ4n) is 3.26. The summed E-state index contributed by atoms with van der Waals surface area (Å²) in [6.45, 7) is 0. The van der Waals surface area contributed by atoms with Crippen molar-refractivity contribution in [3.63, 3.8) is 0 Å². The van der Waals surface area contributed by atoms with Crippen molar-refractivity contribution in [3.05, 3.63) is 53.0 Å². The van der Waals surface area contributed by atoms with Gasteiger partial charge in [0.2, 0.25) is 5.27 Å². The van der Waals surface area contributed by atoms with Gasteiger partial charge in [-0.1, -0.05) is 30.3 Å². The lowest BCUT2D eigenvalue weighted by molar-refractivity contribution is -0.765. The van der Waals surface area contributed by atoms with Crippen molar-refractivity contribution >= 4 is 39.0 Å². The molecule has 31 heavy (non-hydrogen) atoms. The van der Waals surface area contributed by atoms with Crippen molar-refractivity contribution in [2.24, 2.45) is 0 Å². The number of alkyl halides is 3. The number of halogens is 3. The molecular formula is C20H15F3N5O2S+. The number of amides is 1. The maximum Gasteiger partial charge on any atom is 0.417 e. The number of carbonyl (C=O) groups is 1. The Morgan fingerprint density at radius 2 is 2.00 bits per heavy atom. The zero-order chi connectivity index (χ0) is 21.8. The van der Waals surface area contributed by atoms with Gasteiger partial charge in [0.25, 0.3) is 12.1 Å². The van der Waals surface area contributed by atoms with Crippen LogP contribution in [-0.2, 0) is 6.18 Å². The number of carbonyl (C=O) groups excluding carboxylic acids is 1.